The Morgan fingerprint density at radius 2 is 1.47 bits per heavy atom. The molecule has 3 aromatic rings. The van der Waals surface area contributed by atoms with Gasteiger partial charge in [0.25, 0.3) is 0 Å². The number of hydrogen-bond donors (Lipinski definition) is 0. The molecule has 0 spiro atoms. The third-order valence-electron chi connectivity index (χ3n) is 4.68. The monoisotopic (exact) mass is 414 g/mol. The van der Waals surface area contributed by atoms with E-state index in [1.807, 2.05) is 13.8 Å². The normalized spacial score (nSPS) is 10.9. The first-order valence-corrected chi connectivity index (χ1v) is 9.47. The van der Waals surface area contributed by atoms with E-state index in [1.165, 1.54) is 21.3 Å². The summed E-state index contributed by atoms with van der Waals surface area (Å²) in [5.41, 5.74) is 1.30. The van der Waals surface area contributed by atoms with E-state index in [1.54, 1.807) is 38.3 Å². The van der Waals surface area contributed by atoms with Gasteiger partial charge in [-0.25, -0.2) is 0 Å². The van der Waals surface area contributed by atoms with Crippen molar-refractivity contribution >= 4 is 16.8 Å². The van der Waals surface area contributed by atoms with Crippen LogP contribution in [0, 0.1) is 6.92 Å². The van der Waals surface area contributed by atoms with Crippen molar-refractivity contribution < 1.29 is 32.9 Å². The van der Waals surface area contributed by atoms with E-state index in [-0.39, 0.29) is 11.9 Å². The minimum Gasteiger partial charge on any atom is -0.493 e. The molecule has 0 N–H and O–H groups in total. The fourth-order valence-electron chi connectivity index (χ4n) is 3.38. The van der Waals surface area contributed by atoms with Gasteiger partial charge in [-0.3, -0.25) is 4.79 Å². The SMILES string of the molecule is COc1cc(C(=O)c2c(C)oc3c(OC(C)C)c(OC)ccc23)cc(OC)c1OC. The van der Waals surface area contributed by atoms with Crippen molar-refractivity contribution in [3.63, 3.8) is 0 Å². The van der Waals surface area contributed by atoms with Crippen LogP contribution in [0.2, 0.25) is 0 Å². The van der Waals surface area contributed by atoms with Gasteiger partial charge in [0.2, 0.25) is 11.5 Å². The average molecular weight is 414 g/mol. The van der Waals surface area contributed by atoms with E-state index in [2.05, 4.69) is 0 Å². The van der Waals surface area contributed by atoms with Crippen molar-refractivity contribution in [3.8, 4) is 28.7 Å². The third kappa shape index (κ3) is 3.63. The number of carbonyl (C=O) groups excluding carboxylic acids is 1. The van der Waals surface area contributed by atoms with Crippen LogP contribution in [0.3, 0.4) is 0 Å². The molecule has 0 aliphatic heterocycles. The number of carbonyl (C=O) groups is 1. The maximum Gasteiger partial charge on any atom is 0.205 e. The summed E-state index contributed by atoms with van der Waals surface area (Å²) in [4.78, 5) is 13.5. The molecular weight excluding hydrogens is 388 g/mol. The number of hydrogen-bond acceptors (Lipinski definition) is 7. The van der Waals surface area contributed by atoms with Crippen molar-refractivity contribution in [1.29, 1.82) is 0 Å². The molecule has 0 saturated heterocycles. The van der Waals surface area contributed by atoms with Crippen molar-refractivity contribution in [2.45, 2.75) is 26.9 Å². The fourth-order valence-corrected chi connectivity index (χ4v) is 3.38. The minimum absolute atomic E-state index is 0.0934. The lowest BCUT2D eigenvalue weighted by atomic mass is 9.99. The van der Waals surface area contributed by atoms with Gasteiger partial charge in [0.05, 0.1) is 40.1 Å². The van der Waals surface area contributed by atoms with Gasteiger partial charge in [0.15, 0.2) is 28.6 Å². The van der Waals surface area contributed by atoms with Gasteiger partial charge in [0.1, 0.15) is 5.76 Å². The highest BCUT2D eigenvalue weighted by Crippen LogP contribution is 2.42. The number of benzene rings is 2. The zero-order valence-electron chi connectivity index (χ0n) is 18.2. The van der Waals surface area contributed by atoms with Gasteiger partial charge in [-0.05, 0) is 45.0 Å². The molecule has 160 valence electrons. The number of fused-ring (bicyclic) bond motifs is 1. The summed E-state index contributed by atoms with van der Waals surface area (Å²) < 4.78 is 33.4. The molecule has 0 atom stereocenters. The second kappa shape index (κ2) is 8.57. The van der Waals surface area contributed by atoms with E-state index < -0.39 is 0 Å². The molecule has 30 heavy (non-hydrogen) atoms. The van der Waals surface area contributed by atoms with Crippen molar-refractivity contribution in [2.75, 3.05) is 28.4 Å². The number of ketones is 1. The first-order valence-electron chi connectivity index (χ1n) is 9.47. The molecule has 0 saturated carbocycles. The molecule has 0 amide bonds. The molecule has 1 heterocycles. The summed E-state index contributed by atoms with van der Waals surface area (Å²) in [7, 11) is 6.09. The molecule has 0 aliphatic carbocycles. The summed E-state index contributed by atoms with van der Waals surface area (Å²) in [6.45, 7) is 5.57. The van der Waals surface area contributed by atoms with Crippen molar-refractivity contribution in [3.05, 3.63) is 41.2 Å². The lowest BCUT2D eigenvalue weighted by Gasteiger charge is -2.14. The highest BCUT2D eigenvalue weighted by Gasteiger charge is 2.26. The standard InChI is InChI=1S/C23H26O7/c1-12(2)29-23-16(25-4)9-8-15-19(13(3)30-21(15)23)20(24)14-10-17(26-5)22(28-7)18(11-14)27-6/h8-12H,1-7H3. The molecule has 7 nitrogen and oxygen atoms in total. The Hall–Kier alpha value is -3.35. The smallest absolute Gasteiger partial charge is 0.205 e. The van der Waals surface area contributed by atoms with Gasteiger partial charge in [0, 0.05) is 10.9 Å². The van der Waals surface area contributed by atoms with Crippen LogP contribution < -0.4 is 23.7 Å². The maximum atomic E-state index is 13.5. The summed E-state index contributed by atoms with van der Waals surface area (Å²) in [6, 6.07) is 6.80. The lowest BCUT2D eigenvalue weighted by Crippen LogP contribution is -2.07. The minimum atomic E-state index is -0.230. The Balaban J connectivity index is 2.20. The largest absolute Gasteiger partial charge is 0.493 e. The van der Waals surface area contributed by atoms with E-state index in [9.17, 15) is 4.79 Å². The molecule has 0 fully saturated rings. The van der Waals surface area contributed by atoms with Gasteiger partial charge in [-0.2, -0.15) is 0 Å². The second-order valence-electron chi connectivity index (χ2n) is 6.92. The molecule has 7 heteroatoms. The molecule has 2 aromatic carbocycles. The predicted molar refractivity (Wildman–Crippen MR) is 113 cm³/mol. The number of furan rings is 1. The molecule has 3 rings (SSSR count). The quantitative estimate of drug-likeness (QED) is 0.490. The van der Waals surface area contributed by atoms with Crippen LogP contribution in [0.5, 0.6) is 28.7 Å². The Kier molecular flexibility index (Phi) is 6.10. The summed E-state index contributed by atoms with van der Waals surface area (Å²) in [5, 5.41) is 0.641. The van der Waals surface area contributed by atoms with Crippen LogP contribution in [0.15, 0.2) is 28.7 Å². The van der Waals surface area contributed by atoms with Crippen LogP contribution in [0.4, 0.5) is 0 Å². The highest BCUT2D eigenvalue weighted by atomic mass is 16.5. The summed E-state index contributed by atoms with van der Waals surface area (Å²) >= 11 is 0. The highest BCUT2D eigenvalue weighted by molar-refractivity contribution is 6.18. The maximum absolute atomic E-state index is 13.5. The molecule has 0 aliphatic rings. The first-order chi connectivity index (χ1) is 14.4. The second-order valence-corrected chi connectivity index (χ2v) is 6.92. The number of aryl methyl sites for hydroxylation is 1. The van der Waals surface area contributed by atoms with E-state index in [0.717, 1.165) is 0 Å². The topological polar surface area (TPSA) is 76.4 Å². The van der Waals surface area contributed by atoms with Gasteiger partial charge in [-0.15, -0.1) is 0 Å². The van der Waals surface area contributed by atoms with Crippen molar-refractivity contribution in [1.82, 2.24) is 0 Å². The van der Waals surface area contributed by atoms with Gasteiger partial charge >= 0.3 is 0 Å². The molecule has 0 unspecified atom stereocenters. The van der Waals surface area contributed by atoms with Crippen LogP contribution >= 0.6 is 0 Å². The zero-order chi connectivity index (χ0) is 22.0. The molecule has 1 aromatic heterocycles. The van der Waals surface area contributed by atoms with Crippen molar-refractivity contribution in [2.24, 2.45) is 0 Å². The average Bonchev–Trinajstić information content (AvgIpc) is 3.08. The Bertz CT molecular complexity index is 1050. The third-order valence-corrected chi connectivity index (χ3v) is 4.68. The predicted octanol–water partition coefficient (Wildman–Crippen LogP) is 4.79. The van der Waals surface area contributed by atoms with Crippen LogP contribution in [0.1, 0.15) is 35.5 Å². The summed E-state index contributed by atoms with van der Waals surface area (Å²) in [6.07, 6.45) is -0.0934. The first kappa shape index (κ1) is 21.4. The van der Waals surface area contributed by atoms with Gasteiger partial charge in [-0.1, -0.05) is 0 Å². The number of ether oxygens (including phenoxy) is 5. The van der Waals surface area contributed by atoms with E-state index >= 15 is 0 Å². The molecule has 0 radical (unpaired) electrons. The number of methoxy groups -OCH3 is 4. The Morgan fingerprint density at radius 1 is 0.867 bits per heavy atom. The molecule has 0 bridgehead atoms. The van der Waals surface area contributed by atoms with Gasteiger partial charge < -0.3 is 28.1 Å². The zero-order valence-corrected chi connectivity index (χ0v) is 18.2. The van der Waals surface area contributed by atoms with E-state index in [4.69, 9.17) is 28.1 Å². The fraction of sp³-hybridized carbons (Fsp3) is 0.348. The van der Waals surface area contributed by atoms with Crippen LogP contribution in [-0.4, -0.2) is 40.3 Å². The lowest BCUT2D eigenvalue weighted by molar-refractivity contribution is 0.103. The van der Waals surface area contributed by atoms with Crippen LogP contribution in [-0.2, 0) is 0 Å². The van der Waals surface area contributed by atoms with E-state index in [0.29, 0.717) is 56.6 Å². The Morgan fingerprint density at radius 3 is 1.97 bits per heavy atom. The number of rotatable bonds is 8. The summed E-state index contributed by atoms with van der Waals surface area (Å²) in [5.74, 6) is 2.47. The van der Waals surface area contributed by atoms with Crippen LogP contribution in [0.25, 0.3) is 11.0 Å². The molecular formula is C23H26O7. The Labute approximate surface area is 175 Å².